The van der Waals surface area contributed by atoms with E-state index in [1.54, 1.807) is 23.5 Å². The fourth-order valence-electron chi connectivity index (χ4n) is 4.07. The normalized spacial score (nSPS) is 19.5. The van der Waals surface area contributed by atoms with Crippen LogP contribution in [0.5, 0.6) is 0 Å². The first-order valence-electron chi connectivity index (χ1n) is 10.9. The van der Waals surface area contributed by atoms with E-state index in [-0.39, 0.29) is 17.0 Å². The van der Waals surface area contributed by atoms with Crippen molar-refractivity contribution in [3.63, 3.8) is 0 Å². The van der Waals surface area contributed by atoms with Crippen LogP contribution in [0.1, 0.15) is 17.2 Å². The summed E-state index contributed by atoms with van der Waals surface area (Å²) in [6.45, 7) is 0. The molecule has 1 saturated heterocycles. The Kier molecular flexibility index (Phi) is 6.89. The zero-order valence-electron chi connectivity index (χ0n) is 19.1. The number of carbonyl (C=O) groups is 2. The number of amides is 1. The Bertz CT molecular complexity index is 1210. The highest BCUT2D eigenvalue weighted by molar-refractivity contribution is 8.01. The summed E-state index contributed by atoms with van der Waals surface area (Å²) < 4.78 is 13.1. The molecular formula is C24H23N5O4S2. The van der Waals surface area contributed by atoms with Gasteiger partial charge in [-0.1, -0.05) is 72.4 Å². The Morgan fingerprint density at radius 3 is 2.37 bits per heavy atom. The smallest absolute Gasteiger partial charge is 0.356 e. The first kappa shape index (κ1) is 23.6. The number of tetrazole rings is 1. The van der Waals surface area contributed by atoms with Gasteiger partial charge >= 0.3 is 5.97 Å². The third kappa shape index (κ3) is 4.58. The lowest BCUT2D eigenvalue weighted by atomic mass is 10.0. The molecule has 9 nitrogen and oxygen atoms in total. The third-order valence-electron chi connectivity index (χ3n) is 5.83. The van der Waals surface area contributed by atoms with E-state index >= 15 is 0 Å². The van der Waals surface area contributed by atoms with Crippen molar-refractivity contribution in [3.05, 3.63) is 83.1 Å². The molecule has 3 heterocycles. The minimum Gasteiger partial charge on any atom is -0.448 e. The molecule has 11 heteroatoms. The van der Waals surface area contributed by atoms with Crippen LogP contribution in [0, 0.1) is 0 Å². The number of esters is 1. The van der Waals surface area contributed by atoms with Gasteiger partial charge in [-0.3, -0.25) is 9.69 Å². The predicted octanol–water partition coefficient (Wildman–Crippen LogP) is 2.82. The summed E-state index contributed by atoms with van der Waals surface area (Å²) in [7, 11) is 3.26. The Labute approximate surface area is 210 Å². The Hall–Kier alpha value is -3.15. The van der Waals surface area contributed by atoms with Gasteiger partial charge in [-0.05, 0) is 27.1 Å². The molecule has 0 spiro atoms. The van der Waals surface area contributed by atoms with Gasteiger partial charge in [-0.2, -0.15) is 0 Å². The molecule has 1 aromatic heterocycles. The van der Waals surface area contributed by atoms with Crippen LogP contribution in [-0.2, 0) is 26.1 Å². The molecule has 2 aliphatic heterocycles. The summed E-state index contributed by atoms with van der Waals surface area (Å²) in [5.41, 5.74) is 2.78. The van der Waals surface area contributed by atoms with Gasteiger partial charge in [0.25, 0.3) is 5.91 Å². The van der Waals surface area contributed by atoms with Crippen molar-refractivity contribution < 1.29 is 19.1 Å². The minimum atomic E-state index is -0.614. The van der Waals surface area contributed by atoms with Gasteiger partial charge in [0, 0.05) is 25.7 Å². The van der Waals surface area contributed by atoms with E-state index in [1.807, 2.05) is 60.7 Å². The molecule has 1 amide bonds. The van der Waals surface area contributed by atoms with Gasteiger partial charge in [0.1, 0.15) is 11.1 Å². The van der Waals surface area contributed by atoms with Crippen molar-refractivity contribution in [2.24, 2.45) is 7.05 Å². The molecule has 1 fully saturated rings. The van der Waals surface area contributed by atoms with Crippen LogP contribution in [0.4, 0.5) is 0 Å². The SMILES string of the molecule is COC1C(=O)N2C(C(=O)OC(c3ccccc3)c3ccccc3)=C(CSc3nnnn3C)CS[C@H]12. The number of rotatable bonds is 8. The van der Waals surface area contributed by atoms with Crippen LogP contribution >= 0.6 is 23.5 Å². The molecule has 0 aliphatic carbocycles. The maximum absolute atomic E-state index is 13.7. The van der Waals surface area contributed by atoms with Crippen molar-refractivity contribution in [2.75, 3.05) is 18.6 Å². The highest BCUT2D eigenvalue weighted by Gasteiger charge is 2.54. The van der Waals surface area contributed by atoms with E-state index in [0.29, 0.717) is 16.7 Å². The van der Waals surface area contributed by atoms with Gasteiger partial charge in [0.05, 0.1) is 0 Å². The second-order valence-electron chi connectivity index (χ2n) is 8.00. The van der Waals surface area contributed by atoms with E-state index in [4.69, 9.17) is 9.47 Å². The quantitative estimate of drug-likeness (QED) is 0.258. The Morgan fingerprint density at radius 1 is 1.14 bits per heavy atom. The van der Waals surface area contributed by atoms with Gasteiger partial charge in [0.2, 0.25) is 5.16 Å². The molecule has 5 rings (SSSR count). The lowest BCUT2D eigenvalue weighted by molar-refractivity contribution is -0.164. The van der Waals surface area contributed by atoms with Gasteiger partial charge in [-0.25, -0.2) is 9.48 Å². The number of fused-ring (bicyclic) bond motifs is 1. The molecule has 2 aliphatic rings. The number of hydrogen-bond acceptors (Lipinski definition) is 9. The number of methoxy groups -OCH3 is 1. The molecule has 0 N–H and O–H groups in total. The number of nitrogens with zero attached hydrogens (tertiary/aromatic N) is 5. The number of ether oxygens (including phenoxy) is 2. The van der Waals surface area contributed by atoms with Gasteiger partial charge in [0.15, 0.2) is 12.2 Å². The van der Waals surface area contributed by atoms with Crippen molar-refractivity contribution in [2.45, 2.75) is 22.7 Å². The van der Waals surface area contributed by atoms with E-state index in [1.165, 1.54) is 23.8 Å². The fourth-order valence-corrected chi connectivity index (χ4v) is 6.43. The van der Waals surface area contributed by atoms with Crippen LogP contribution in [0.3, 0.4) is 0 Å². The van der Waals surface area contributed by atoms with Crippen molar-refractivity contribution in [1.29, 1.82) is 0 Å². The molecule has 0 saturated carbocycles. The second-order valence-corrected chi connectivity index (χ2v) is 10.0. The zero-order chi connectivity index (χ0) is 24.4. The minimum absolute atomic E-state index is 0.240. The Morgan fingerprint density at radius 2 is 1.80 bits per heavy atom. The van der Waals surface area contributed by atoms with Gasteiger partial charge < -0.3 is 9.47 Å². The topological polar surface area (TPSA) is 99.4 Å². The standard InChI is InChI=1S/C24H23N5O4S2/c1-28-24(25-26-27-28)35-14-17-13-34-22-20(32-2)21(30)29(22)18(17)23(31)33-19(15-9-5-3-6-10-15)16-11-7-4-8-12-16/h3-12,19-20,22H,13-14H2,1-2H3/t20?,22-/m1/s1. The summed E-state index contributed by atoms with van der Waals surface area (Å²) in [5.74, 6) is 0.234. The average molecular weight is 510 g/mol. The average Bonchev–Trinajstić information content (AvgIpc) is 3.31. The Balaban J connectivity index is 1.48. The molecule has 2 atom stereocenters. The summed E-state index contributed by atoms with van der Waals surface area (Å²) in [6, 6.07) is 19.2. The number of hydrogen-bond donors (Lipinski definition) is 0. The molecule has 0 bridgehead atoms. The highest BCUT2D eigenvalue weighted by Crippen LogP contribution is 2.43. The second kappa shape index (κ2) is 10.2. The van der Waals surface area contributed by atoms with E-state index in [2.05, 4.69) is 15.5 Å². The number of β-lactam (4-membered cyclic amide) rings is 1. The summed E-state index contributed by atoms with van der Waals surface area (Å²) in [5, 5.41) is 11.9. The first-order chi connectivity index (χ1) is 17.1. The molecule has 2 aromatic carbocycles. The van der Waals surface area contributed by atoms with Crippen LogP contribution in [0.15, 0.2) is 77.1 Å². The van der Waals surface area contributed by atoms with Crippen LogP contribution < -0.4 is 0 Å². The van der Waals surface area contributed by atoms with E-state index in [0.717, 1.165) is 16.7 Å². The summed E-state index contributed by atoms with van der Waals surface area (Å²) >= 11 is 2.98. The lowest BCUT2D eigenvalue weighted by Gasteiger charge is -2.49. The van der Waals surface area contributed by atoms with Crippen molar-refractivity contribution >= 4 is 35.4 Å². The maximum Gasteiger partial charge on any atom is 0.356 e. The number of thioether (sulfide) groups is 2. The fraction of sp³-hybridized carbons (Fsp3) is 0.292. The molecule has 35 heavy (non-hydrogen) atoms. The predicted molar refractivity (Wildman–Crippen MR) is 131 cm³/mol. The molecule has 0 radical (unpaired) electrons. The summed E-state index contributed by atoms with van der Waals surface area (Å²) in [4.78, 5) is 28.2. The number of aryl methyl sites for hydroxylation is 1. The zero-order valence-corrected chi connectivity index (χ0v) is 20.7. The van der Waals surface area contributed by atoms with Crippen molar-refractivity contribution in [1.82, 2.24) is 25.1 Å². The monoisotopic (exact) mass is 509 g/mol. The van der Waals surface area contributed by atoms with Crippen LogP contribution in [0.25, 0.3) is 0 Å². The molecule has 1 unspecified atom stereocenters. The van der Waals surface area contributed by atoms with Crippen LogP contribution in [0.2, 0.25) is 0 Å². The summed E-state index contributed by atoms with van der Waals surface area (Å²) in [6.07, 6.45) is -1.18. The third-order valence-corrected chi connectivity index (χ3v) is 8.24. The molecule has 3 aromatic rings. The number of aromatic nitrogens is 4. The highest BCUT2D eigenvalue weighted by atomic mass is 32.2. The lowest BCUT2D eigenvalue weighted by Crippen LogP contribution is -2.65. The number of benzene rings is 2. The van der Waals surface area contributed by atoms with E-state index in [9.17, 15) is 9.59 Å². The molecular weight excluding hydrogens is 486 g/mol. The van der Waals surface area contributed by atoms with E-state index < -0.39 is 18.2 Å². The first-order valence-corrected chi connectivity index (χ1v) is 13.0. The van der Waals surface area contributed by atoms with Crippen LogP contribution in [-0.4, -0.2) is 67.1 Å². The largest absolute Gasteiger partial charge is 0.448 e. The van der Waals surface area contributed by atoms with Gasteiger partial charge in [-0.15, -0.1) is 16.9 Å². The number of carbonyl (C=O) groups excluding carboxylic acids is 2. The van der Waals surface area contributed by atoms with Crippen molar-refractivity contribution in [3.8, 4) is 0 Å². The maximum atomic E-state index is 13.7. The molecule has 180 valence electrons.